The van der Waals surface area contributed by atoms with Crippen molar-refractivity contribution in [2.45, 2.75) is 25.2 Å². The quantitative estimate of drug-likeness (QED) is 0.790. The maximum absolute atomic E-state index is 4.81. The maximum atomic E-state index is 4.81. The number of hydrogen-bond acceptors (Lipinski definition) is 5. The highest BCUT2D eigenvalue weighted by Crippen LogP contribution is 2.34. The van der Waals surface area contributed by atoms with Crippen molar-refractivity contribution in [1.29, 1.82) is 0 Å². The van der Waals surface area contributed by atoms with Gasteiger partial charge in [0.05, 0.1) is 0 Å². The highest BCUT2D eigenvalue weighted by atomic mass is 32.1. The Morgan fingerprint density at radius 2 is 2.10 bits per heavy atom. The molecule has 1 fully saturated rings. The second kappa shape index (κ2) is 4.89. The molecule has 0 amide bonds. The zero-order valence-corrected chi connectivity index (χ0v) is 12.7. The number of piperidine rings is 1. The Bertz CT molecular complexity index is 755. The number of nitrogens with one attached hydrogen (secondary N) is 1. The van der Waals surface area contributed by atoms with Crippen LogP contribution in [0.1, 0.15) is 24.8 Å². The van der Waals surface area contributed by atoms with Crippen LogP contribution in [0.15, 0.2) is 30.3 Å². The monoisotopic (exact) mass is 299 g/mol. The third-order valence-corrected chi connectivity index (χ3v) is 5.34. The molecule has 2 aromatic heterocycles. The minimum absolute atomic E-state index is 0.109. The van der Waals surface area contributed by atoms with E-state index in [9.17, 15) is 0 Å². The van der Waals surface area contributed by atoms with Gasteiger partial charge in [0.25, 0.3) is 0 Å². The minimum atomic E-state index is 0.109. The molecule has 1 atom stereocenters. The van der Waals surface area contributed by atoms with E-state index in [1.807, 2.05) is 34.8 Å². The Morgan fingerprint density at radius 3 is 2.86 bits per heavy atom. The molecular weight excluding hydrogens is 282 g/mol. The standard InChI is InChI=1S/C15H17N5S/c1-15(8-5-9-16-10-15)13-19-20-12(17-18-14(20)21-13)11-6-3-2-4-7-11/h2-4,6-7,16H,5,8-10H2,1H3. The van der Waals surface area contributed by atoms with Crippen molar-refractivity contribution in [2.75, 3.05) is 13.1 Å². The van der Waals surface area contributed by atoms with Crippen molar-refractivity contribution in [2.24, 2.45) is 0 Å². The number of hydrogen-bond donors (Lipinski definition) is 1. The van der Waals surface area contributed by atoms with E-state index in [1.54, 1.807) is 11.3 Å². The van der Waals surface area contributed by atoms with Gasteiger partial charge in [0.15, 0.2) is 5.82 Å². The summed E-state index contributed by atoms with van der Waals surface area (Å²) in [6, 6.07) is 10.1. The zero-order chi connectivity index (χ0) is 14.3. The van der Waals surface area contributed by atoms with E-state index in [0.29, 0.717) is 0 Å². The number of rotatable bonds is 2. The van der Waals surface area contributed by atoms with Gasteiger partial charge >= 0.3 is 0 Å². The Hall–Kier alpha value is -1.79. The van der Waals surface area contributed by atoms with Crippen LogP contribution >= 0.6 is 11.3 Å². The molecule has 1 N–H and O–H groups in total. The van der Waals surface area contributed by atoms with Gasteiger partial charge in [-0.3, -0.25) is 0 Å². The number of fused-ring (bicyclic) bond motifs is 1. The lowest BCUT2D eigenvalue weighted by atomic mass is 9.83. The van der Waals surface area contributed by atoms with Crippen molar-refractivity contribution in [3.63, 3.8) is 0 Å². The molecule has 1 saturated heterocycles. The fourth-order valence-electron chi connectivity index (χ4n) is 2.87. The minimum Gasteiger partial charge on any atom is -0.316 e. The third-order valence-electron chi connectivity index (χ3n) is 4.14. The van der Waals surface area contributed by atoms with Gasteiger partial charge in [0.1, 0.15) is 5.01 Å². The molecule has 108 valence electrons. The lowest BCUT2D eigenvalue weighted by molar-refractivity contribution is 0.336. The predicted octanol–water partition coefficient (Wildman–Crippen LogP) is 2.49. The summed E-state index contributed by atoms with van der Waals surface area (Å²) in [4.78, 5) is 0.871. The summed E-state index contributed by atoms with van der Waals surface area (Å²) in [6.45, 7) is 4.37. The summed E-state index contributed by atoms with van der Waals surface area (Å²) in [6.07, 6.45) is 2.37. The van der Waals surface area contributed by atoms with Crippen LogP contribution in [0.5, 0.6) is 0 Å². The van der Waals surface area contributed by atoms with Crippen LogP contribution in [0.2, 0.25) is 0 Å². The normalized spacial score (nSPS) is 22.7. The average Bonchev–Trinajstić information content (AvgIpc) is 3.09. The van der Waals surface area contributed by atoms with Gasteiger partial charge in [-0.05, 0) is 19.4 Å². The van der Waals surface area contributed by atoms with Gasteiger partial charge in [-0.15, -0.1) is 10.2 Å². The second-order valence-corrected chi connectivity index (χ2v) is 6.79. The lowest BCUT2D eigenvalue weighted by Crippen LogP contribution is -2.41. The molecule has 1 aliphatic rings. The molecule has 6 heteroatoms. The van der Waals surface area contributed by atoms with Gasteiger partial charge in [0, 0.05) is 17.5 Å². The molecule has 5 nitrogen and oxygen atoms in total. The first-order valence-corrected chi connectivity index (χ1v) is 8.07. The first-order valence-electron chi connectivity index (χ1n) is 7.25. The Labute approximate surface area is 127 Å². The van der Waals surface area contributed by atoms with Gasteiger partial charge in [-0.2, -0.15) is 9.61 Å². The van der Waals surface area contributed by atoms with Gasteiger partial charge in [-0.1, -0.05) is 48.6 Å². The smallest absolute Gasteiger partial charge is 0.234 e. The van der Waals surface area contributed by atoms with Crippen molar-refractivity contribution in [3.8, 4) is 11.4 Å². The third kappa shape index (κ3) is 2.15. The van der Waals surface area contributed by atoms with Crippen molar-refractivity contribution < 1.29 is 0 Å². The van der Waals surface area contributed by atoms with E-state index >= 15 is 0 Å². The number of nitrogens with zero attached hydrogens (tertiary/aromatic N) is 4. The molecule has 0 aliphatic carbocycles. The summed E-state index contributed by atoms with van der Waals surface area (Å²) >= 11 is 1.66. The summed E-state index contributed by atoms with van der Waals surface area (Å²) in [7, 11) is 0. The van der Waals surface area contributed by atoms with E-state index < -0.39 is 0 Å². The van der Waals surface area contributed by atoms with Crippen molar-refractivity contribution in [3.05, 3.63) is 35.3 Å². The highest BCUT2D eigenvalue weighted by Gasteiger charge is 2.33. The average molecular weight is 299 g/mol. The first kappa shape index (κ1) is 12.9. The summed E-state index contributed by atoms with van der Waals surface area (Å²) in [5, 5.41) is 18.0. The van der Waals surface area contributed by atoms with E-state index in [0.717, 1.165) is 34.4 Å². The van der Waals surface area contributed by atoms with Crippen LogP contribution in [-0.4, -0.2) is 32.9 Å². The predicted molar refractivity (Wildman–Crippen MR) is 83.6 cm³/mol. The van der Waals surface area contributed by atoms with Crippen molar-refractivity contribution >= 4 is 16.3 Å². The first-order chi connectivity index (χ1) is 10.3. The Kier molecular flexibility index (Phi) is 3.01. The number of benzene rings is 1. The largest absolute Gasteiger partial charge is 0.316 e. The molecular formula is C15H17N5S. The second-order valence-electron chi connectivity index (χ2n) is 5.83. The van der Waals surface area contributed by atoms with Crippen molar-refractivity contribution in [1.82, 2.24) is 25.1 Å². The molecule has 3 heterocycles. The fraction of sp³-hybridized carbons (Fsp3) is 0.400. The molecule has 0 radical (unpaired) electrons. The summed E-state index contributed by atoms with van der Waals surface area (Å²) < 4.78 is 1.88. The van der Waals surface area contributed by atoms with Crippen LogP contribution in [0.3, 0.4) is 0 Å². The van der Waals surface area contributed by atoms with E-state index in [1.165, 1.54) is 12.8 Å². The molecule has 1 unspecified atom stereocenters. The van der Waals surface area contributed by atoms with E-state index in [-0.39, 0.29) is 5.41 Å². The van der Waals surface area contributed by atoms with Crippen LogP contribution in [0.25, 0.3) is 16.3 Å². The topological polar surface area (TPSA) is 55.1 Å². The Balaban J connectivity index is 1.79. The van der Waals surface area contributed by atoms with E-state index in [4.69, 9.17) is 5.10 Å². The fourth-order valence-corrected chi connectivity index (χ4v) is 3.88. The van der Waals surface area contributed by atoms with Gasteiger partial charge < -0.3 is 5.32 Å². The van der Waals surface area contributed by atoms with E-state index in [2.05, 4.69) is 22.4 Å². The molecule has 1 aliphatic heterocycles. The molecule has 0 spiro atoms. The number of aromatic nitrogens is 4. The molecule has 0 saturated carbocycles. The molecule has 4 rings (SSSR count). The Morgan fingerprint density at radius 1 is 1.24 bits per heavy atom. The van der Waals surface area contributed by atoms with Crippen LogP contribution < -0.4 is 5.32 Å². The molecule has 1 aromatic carbocycles. The molecule has 0 bridgehead atoms. The SMILES string of the molecule is CC1(c2nn3c(-c4ccccc4)nnc3s2)CCCNC1. The van der Waals surface area contributed by atoms with Crippen LogP contribution in [0.4, 0.5) is 0 Å². The molecule has 21 heavy (non-hydrogen) atoms. The summed E-state index contributed by atoms with van der Waals surface area (Å²) in [5.74, 6) is 0.820. The van der Waals surface area contributed by atoms with Crippen LogP contribution in [0, 0.1) is 0 Å². The zero-order valence-electron chi connectivity index (χ0n) is 11.9. The van der Waals surface area contributed by atoms with Gasteiger partial charge in [0.2, 0.25) is 4.96 Å². The highest BCUT2D eigenvalue weighted by molar-refractivity contribution is 7.16. The van der Waals surface area contributed by atoms with Gasteiger partial charge in [-0.25, -0.2) is 0 Å². The lowest BCUT2D eigenvalue weighted by Gasteiger charge is -2.31. The maximum Gasteiger partial charge on any atom is 0.234 e. The molecule has 3 aromatic rings. The summed E-state index contributed by atoms with van der Waals surface area (Å²) in [5.41, 5.74) is 1.16. The van der Waals surface area contributed by atoms with Crippen LogP contribution in [-0.2, 0) is 5.41 Å².